The summed E-state index contributed by atoms with van der Waals surface area (Å²) in [7, 11) is 0. The molecule has 0 atom stereocenters. The SMILES string of the molecule is O=C(Nc1ccsc1C(=O)N1CCC(N2CCCCC2)CC1)c1cnccn1. The third kappa shape index (κ3) is 4.23. The molecule has 2 aromatic rings. The molecule has 4 heterocycles. The molecule has 2 aromatic heterocycles. The number of hydrogen-bond acceptors (Lipinski definition) is 6. The van der Waals surface area contributed by atoms with Crippen LogP contribution in [0.2, 0.25) is 0 Å². The topological polar surface area (TPSA) is 78.4 Å². The van der Waals surface area contributed by atoms with Gasteiger partial charge in [0.2, 0.25) is 0 Å². The van der Waals surface area contributed by atoms with Crippen molar-refractivity contribution in [2.45, 2.75) is 38.1 Å². The van der Waals surface area contributed by atoms with E-state index in [1.54, 1.807) is 6.07 Å². The van der Waals surface area contributed by atoms with Crippen molar-refractivity contribution in [2.75, 3.05) is 31.5 Å². The Balaban J connectivity index is 1.37. The Labute approximate surface area is 168 Å². The average molecular weight is 400 g/mol. The molecule has 0 spiro atoms. The van der Waals surface area contributed by atoms with Gasteiger partial charge in [-0.2, -0.15) is 0 Å². The van der Waals surface area contributed by atoms with Crippen LogP contribution in [-0.2, 0) is 0 Å². The van der Waals surface area contributed by atoms with Gasteiger partial charge < -0.3 is 15.1 Å². The second-order valence-corrected chi connectivity index (χ2v) is 8.24. The lowest BCUT2D eigenvalue weighted by Gasteiger charge is -2.40. The van der Waals surface area contributed by atoms with Gasteiger partial charge >= 0.3 is 0 Å². The summed E-state index contributed by atoms with van der Waals surface area (Å²) < 4.78 is 0. The number of carbonyl (C=O) groups is 2. The van der Waals surface area contributed by atoms with Gasteiger partial charge in [0.15, 0.2) is 0 Å². The van der Waals surface area contributed by atoms with Crippen LogP contribution in [0.1, 0.15) is 52.3 Å². The molecule has 0 bridgehead atoms. The van der Waals surface area contributed by atoms with E-state index >= 15 is 0 Å². The van der Waals surface area contributed by atoms with E-state index in [-0.39, 0.29) is 17.5 Å². The highest BCUT2D eigenvalue weighted by atomic mass is 32.1. The predicted molar refractivity (Wildman–Crippen MR) is 109 cm³/mol. The van der Waals surface area contributed by atoms with E-state index < -0.39 is 0 Å². The summed E-state index contributed by atoms with van der Waals surface area (Å²) in [5, 5.41) is 4.63. The number of piperidine rings is 2. The van der Waals surface area contributed by atoms with E-state index in [0.29, 0.717) is 16.6 Å². The zero-order valence-electron chi connectivity index (χ0n) is 15.8. The second-order valence-electron chi connectivity index (χ2n) is 7.33. The first-order valence-corrected chi connectivity index (χ1v) is 10.8. The second kappa shape index (κ2) is 8.79. The van der Waals surface area contributed by atoms with Gasteiger partial charge in [-0.05, 0) is 50.2 Å². The van der Waals surface area contributed by atoms with Crippen LogP contribution in [0.5, 0.6) is 0 Å². The number of aromatic nitrogens is 2. The van der Waals surface area contributed by atoms with Gasteiger partial charge in [0, 0.05) is 31.5 Å². The highest BCUT2D eigenvalue weighted by Gasteiger charge is 2.29. The first kappa shape index (κ1) is 19.0. The Hall–Kier alpha value is -2.32. The van der Waals surface area contributed by atoms with Crippen LogP contribution < -0.4 is 5.32 Å². The van der Waals surface area contributed by atoms with Crippen LogP contribution in [0.15, 0.2) is 30.0 Å². The molecule has 4 rings (SSSR count). The van der Waals surface area contributed by atoms with E-state index in [1.165, 1.54) is 62.3 Å². The number of rotatable bonds is 4. The molecule has 2 fully saturated rings. The summed E-state index contributed by atoms with van der Waals surface area (Å²) >= 11 is 1.36. The number of amides is 2. The molecule has 28 heavy (non-hydrogen) atoms. The average Bonchev–Trinajstić information content (AvgIpc) is 3.22. The number of nitrogens with one attached hydrogen (secondary N) is 1. The molecule has 0 unspecified atom stereocenters. The normalized spacial score (nSPS) is 18.8. The number of anilines is 1. The minimum absolute atomic E-state index is 0.00143. The van der Waals surface area contributed by atoms with Crippen molar-refractivity contribution in [3.8, 4) is 0 Å². The first-order chi connectivity index (χ1) is 13.7. The van der Waals surface area contributed by atoms with Gasteiger partial charge in [0.05, 0.1) is 11.9 Å². The minimum Gasteiger partial charge on any atom is -0.338 e. The molecule has 2 saturated heterocycles. The fourth-order valence-electron chi connectivity index (χ4n) is 4.04. The van der Waals surface area contributed by atoms with Crippen molar-refractivity contribution in [1.29, 1.82) is 0 Å². The van der Waals surface area contributed by atoms with Crippen molar-refractivity contribution in [1.82, 2.24) is 19.8 Å². The third-order valence-electron chi connectivity index (χ3n) is 5.56. The monoisotopic (exact) mass is 399 g/mol. The maximum atomic E-state index is 13.0. The van der Waals surface area contributed by atoms with Crippen molar-refractivity contribution in [3.05, 3.63) is 40.6 Å². The Bertz CT molecular complexity index is 811. The Morgan fingerprint density at radius 1 is 1.07 bits per heavy atom. The Morgan fingerprint density at radius 2 is 1.86 bits per heavy atom. The van der Waals surface area contributed by atoms with Crippen LogP contribution in [0.3, 0.4) is 0 Å². The number of carbonyl (C=O) groups excluding carboxylic acids is 2. The molecule has 0 aromatic carbocycles. The number of thiophene rings is 1. The molecule has 8 heteroatoms. The molecule has 148 valence electrons. The van der Waals surface area contributed by atoms with E-state index in [1.807, 2.05) is 10.3 Å². The summed E-state index contributed by atoms with van der Waals surface area (Å²) in [4.78, 5) is 38.4. The number of likely N-dealkylation sites (tertiary alicyclic amines) is 2. The molecule has 2 aliphatic rings. The van der Waals surface area contributed by atoms with Crippen molar-refractivity contribution < 1.29 is 9.59 Å². The summed E-state index contributed by atoms with van der Waals surface area (Å²) in [5.74, 6) is -0.356. The largest absolute Gasteiger partial charge is 0.338 e. The quantitative estimate of drug-likeness (QED) is 0.855. The van der Waals surface area contributed by atoms with Crippen LogP contribution >= 0.6 is 11.3 Å². The van der Waals surface area contributed by atoms with Gasteiger partial charge in [-0.15, -0.1) is 11.3 Å². The minimum atomic E-state index is -0.357. The van der Waals surface area contributed by atoms with Gasteiger partial charge in [-0.25, -0.2) is 4.98 Å². The lowest BCUT2D eigenvalue weighted by molar-refractivity contribution is 0.0595. The highest BCUT2D eigenvalue weighted by Crippen LogP contribution is 2.27. The van der Waals surface area contributed by atoms with E-state index in [4.69, 9.17) is 0 Å². The molecule has 0 aliphatic carbocycles. The van der Waals surface area contributed by atoms with E-state index in [0.717, 1.165) is 25.9 Å². The zero-order chi connectivity index (χ0) is 19.3. The maximum Gasteiger partial charge on any atom is 0.275 e. The Morgan fingerprint density at radius 3 is 2.57 bits per heavy atom. The van der Waals surface area contributed by atoms with Crippen LogP contribution in [-0.4, -0.2) is 63.8 Å². The third-order valence-corrected chi connectivity index (χ3v) is 6.46. The summed E-state index contributed by atoms with van der Waals surface area (Å²) in [6, 6.07) is 2.37. The van der Waals surface area contributed by atoms with E-state index in [2.05, 4.69) is 20.2 Å². The lowest BCUT2D eigenvalue weighted by Crippen LogP contribution is -2.48. The first-order valence-electron chi connectivity index (χ1n) is 9.90. The molecule has 2 aliphatic heterocycles. The standard InChI is InChI=1S/C20H25N5O2S/c26-19(17-14-21-7-8-22-17)23-16-6-13-28-18(16)20(27)25-11-4-15(5-12-25)24-9-2-1-3-10-24/h6-8,13-15H,1-5,9-12H2,(H,23,26). The van der Waals surface area contributed by atoms with Crippen LogP contribution in [0, 0.1) is 0 Å². The summed E-state index contributed by atoms with van der Waals surface area (Å²) in [6.45, 7) is 3.94. The fourth-order valence-corrected chi connectivity index (χ4v) is 4.85. The van der Waals surface area contributed by atoms with Gasteiger partial charge in [0.25, 0.3) is 11.8 Å². The molecule has 0 radical (unpaired) electrons. The zero-order valence-corrected chi connectivity index (χ0v) is 16.7. The van der Waals surface area contributed by atoms with Gasteiger partial charge in [-0.3, -0.25) is 14.6 Å². The van der Waals surface area contributed by atoms with Gasteiger partial charge in [0.1, 0.15) is 10.6 Å². The van der Waals surface area contributed by atoms with Crippen molar-refractivity contribution >= 4 is 28.8 Å². The maximum absolute atomic E-state index is 13.0. The van der Waals surface area contributed by atoms with Crippen molar-refractivity contribution in [3.63, 3.8) is 0 Å². The molecule has 0 saturated carbocycles. The molecular weight excluding hydrogens is 374 g/mol. The molecule has 7 nitrogen and oxygen atoms in total. The predicted octanol–water partition coefficient (Wildman–Crippen LogP) is 2.88. The summed E-state index contributed by atoms with van der Waals surface area (Å²) in [6.07, 6.45) is 10.4. The highest BCUT2D eigenvalue weighted by molar-refractivity contribution is 7.12. The molecule has 1 N–H and O–H groups in total. The number of hydrogen-bond donors (Lipinski definition) is 1. The molecular formula is C20H25N5O2S. The van der Waals surface area contributed by atoms with Crippen LogP contribution in [0.25, 0.3) is 0 Å². The van der Waals surface area contributed by atoms with Gasteiger partial charge in [-0.1, -0.05) is 6.42 Å². The number of nitrogens with zero attached hydrogens (tertiary/aromatic N) is 4. The van der Waals surface area contributed by atoms with Crippen molar-refractivity contribution in [2.24, 2.45) is 0 Å². The summed E-state index contributed by atoms with van der Waals surface area (Å²) in [5.41, 5.74) is 0.776. The molecule has 2 amide bonds. The smallest absolute Gasteiger partial charge is 0.275 e. The van der Waals surface area contributed by atoms with E-state index in [9.17, 15) is 9.59 Å². The lowest BCUT2D eigenvalue weighted by atomic mass is 10.00. The fraction of sp³-hybridized carbons (Fsp3) is 0.500. The Kier molecular flexibility index (Phi) is 5.97. The van der Waals surface area contributed by atoms with Crippen LogP contribution in [0.4, 0.5) is 5.69 Å².